The number of hydrogen-bond acceptors (Lipinski definition) is 3. The zero-order valence-electron chi connectivity index (χ0n) is 16.3. The van der Waals surface area contributed by atoms with Gasteiger partial charge in [0.1, 0.15) is 12.2 Å². The fraction of sp³-hybridized carbons (Fsp3) is 0.0741. The summed E-state index contributed by atoms with van der Waals surface area (Å²) in [6, 6.07) is 32.9. The van der Waals surface area contributed by atoms with Crippen molar-refractivity contribution >= 4 is 5.78 Å². The first kappa shape index (κ1) is 19.8. The minimum Gasteiger partial charge on any atom is -0.384 e. The van der Waals surface area contributed by atoms with Crippen LogP contribution < -0.4 is 0 Å². The van der Waals surface area contributed by atoms with Crippen molar-refractivity contribution in [3.8, 4) is 0 Å². The van der Waals surface area contributed by atoms with E-state index in [-0.39, 0.29) is 5.78 Å². The van der Waals surface area contributed by atoms with Crippen LogP contribution in [0, 0.1) is 0 Å². The van der Waals surface area contributed by atoms with Gasteiger partial charge < -0.3 is 10.2 Å². The number of rotatable bonds is 6. The Labute approximate surface area is 175 Å². The maximum atomic E-state index is 12.8. The van der Waals surface area contributed by atoms with Crippen LogP contribution in [-0.2, 0) is 0 Å². The third kappa shape index (κ3) is 4.23. The molecule has 0 radical (unpaired) electrons. The molecule has 0 amide bonds. The molecule has 3 heteroatoms. The van der Waals surface area contributed by atoms with E-state index >= 15 is 0 Å². The van der Waals surface area contributed by atoms with Gasteiger partial charge >= 0.3 is 0 Å². The molecule has 0 saturated carbocycles. The van der Waals surface area contributed by atoms with E-state index < -0.39 is 12.2 Å². The van der Waals surface area contributed by atoms with E-state index in [1.54, 1.807) is 48.5 Å². The third-order valence-corrected chi connectivity index (χ3v) is 5.21. The Bertz CT molecular complexity index is 1010. The summed E-state index contributed by atoms with van der Waals surface area (Å²) in [6.45, 7) is 0. The maximum absolute atomic E-state index is 12.8. The van der Waals surface area contributed by atoms with E-state index in [0.29, 0.717) is 11.1 Å². The molecule has 0 fully saturated rings. The Morgan fingerprint density at radius 3 is 1.10 bits per heavy atom. The molecule has 3 nitrogen and oxygen atoms in total. The molecule has 4 aromatic rings. The molecule has 148 valence electrons. The zero-order chi connectivity index (χ0) is 20.9. The van der Waals surface area contributed by atoms with Crippen molar-refractivity contribution in [2.45, 2.75) is 12.2 Å². The largest absolute Gasteiger partial charge is 0.384 e. The van der Waals surface area contributed by atoms with Crippen LogP contribution in [0.2, 0.25) is 0 Å². The number of ketones is 1. The third-order valence-electron chi connectivity index (χ3n) is 5.21. The molecular weight excluding hydrogens is 372 g/mol. The molecule has 2 unspecified atom stereocenters. The van der Waals surface area contributed by atoms with Gasteiger partial charge in [0.2, 0.25) is 0 Å². The molecule has 0 heterocycles. The second-order valence-electron chi connectivity index (χ2n) is 7.20. The lowest BCUT2D eigenvalue weighted by molar-refractivity contribution is 0.103. The Kier molecular flexibility index (Phi) is 5.84. The summed E-state index contributed by atoms with van der Waals surface area (Å²) in [5.41, 5.74) is 4.19. The highest BCUT2D eigenvalue weighted by atomic mass is 16.3. The number of aliphatic hydroxyl groups is 2. The number of hydrogen-bond donors (Lipinski definition) is 2. The average molecular weight is 394 g/mol. The van der Waals surface area contributed by atoms with Gasteiger partial charge in [-0.1, -0.05) is 109 Å². The Balaban J connectivity index is 1.49. The molecule has 0 spiro atoms. The average Bonchev–Trinajstić information content (AvgIpc) is 2.84. The van der Waals surface area contributed by atoms with Gasteiger partial charge in [-0.05, 0) is 22.3 Å². The van der Waals surface area contributed by atoms with Gasteiger partial charge in [-0.15, -0.1) is 0 Å². The van der Waals surface area contributed by atoms with Gasteiger partial charge in [0.15, 0.2) is 5.78 Å². The van der Waals surface area contributed by atoms with Crippen LogP contribution in [0.4, 0.5) is 0 Å². The summed E-state index contributed by atoms with van der Waals surface area (Å²) in [5, 5.41) is 21.0. The van der Waals surface area contributed by atoms with Crippen molar-refractivity contribution in [2.24, 2.45) is 0 Å². The van der Waals surface area contributed by atoms with Crippen molar-refractivity contribution in [1.29, 1.82) is 0 Å². The predicted molar refractivity (Wildman–Crippen MR) is 117 cm³/mol. The first-order valence-corrected chi connectivity index (χ1v) is 9.84. The summed E-state index contributed by atoms with van der Waals surface area (Å²) < 4.78 is 0. The number of carbonyl (C=O) groups is 1. The highest BCUT2D eigenvalue weighted by Gasteiger charge is 2.14. The van der Waals surface area contributed by atoms with Crippen molar-refractivity contribution < 1.29 is 15.0 Å². The van der Waals surface area contributed by atoms with Crippen LogP contribution in [0.25, 0.3) is 0 Å². The van der Waals surface area contributed by atoms with E-state index in [9.17, 15) is 15.0 Å². The van der Waals surface area contributed by atoms with E-state index in [1.807, 2.05) is 60.7 Å². The maximum Gasteiger partial charge on any atom is 0.193 e. The van der Waals surface area contributed by atoms with Crippen LogP contribution in [0.15, 0.2) is 109 Å². The lowest BCUT2D eigenvalue weighted by Gasteiger charge is -2.13. The molecule has 0 saturated heterocycles. The first-order chi connectivity index (χ1) is 14.6. The Morgan fingerprint density at radius 1 is 0.467 bits per heavy atom. The number of aliphatic hydroxyl groups excluding tert-OH is 2. The predicted octanol–water partition coefficient (Wildman–Crippen LogP) is 5.08. The van der Waals surface area contributed by atoms with Gasteiger partial charge in [0.05, 0.1) is 0 Å². The lowest BCUT2D eigenvalue weighted by Crippen LogP contribution is -2.05. The van der Waals surface area contributed by atoms with Crippen LogP contribution in [-0.4, -0.2) is 16.0 Å². The molecule has 0 aromatic heterocycles. The Hall–Kier alpha value is -3.53. The van der Waals surface area contributed by atoms with Gasteiger partial charge in [0.25, 0.3) is 0 Å². The molecule has 4 rings (SSSR count). The molecule has 0 aliphatic rings. The minimum absolute atomic E-state index is 0.100. The molecule has 2 atom stereocenters. The van der Waals surface area contributed by atoms with Crippen LogP contribution in [0.1, 0.15) is 50.4 Å². The fourth-order valence-corrected chi connectivity index (χ4v) is 3.46. The summed E-state index contributed by atoms with van der Waals surface area (Å²) in [6.07, 6.45) is -1.46. The van der Waals surface area contributed by atoms with Crippen molar-refractivity contribution in [3.63, 3.8) is 0 Å². The van der Waals surface area contributed by atoms with Crippen molar-refractivity contribution in [1.82, 2.24) is 0 Å². The van der Waals surface area contributed by atoms with E-state index in [4.69, 9.17) is 0 Å². The zero-order valence-corrected chi connectivity index (χ0v) is 16.3. The van der Waals surface area contributed by atoms with E-state index in [0.717, 1.165) is 22.3 Å². The standard InChI is InChI=1S/C27H22O3/c28-25(19-7-3-1-4-8-19)21-11-15-23(16-12-21)27(30)24-17-13-22(14-18-24)26(29)20-9-5-2-6-10-20/h1-18,25-26,28-29H. The minimum atomic E-state index is -0.728. The quantitative estimate of drug-likeness (QED) is 0.448. The normalized spacial score (nSPS) is 12.9. The van der Waals surface area contributed by atoms with E-state index in [2.05, 4.69) is 0 Å². The number of benzene rings is 4. The van der Waals surface area contributed by atoms with Gasteiger partial charge in [-0.3, -0.25) is 4.79 Å². The van der Waals surface area contributed by atoms with Crippen LogP contribution >= 0.6 is 0 Å². The first-order valence-electron chi connectivity index (χ1n) is 9.84. The second kappa shape index (κ2) is 8.87. The number of carbonyl (C=O) groups excluding carboxylic acids is 1. The van der Waals surface area contributed by atoms with Gasteiger partial charge in [-0.2, -0.15) is 0 Å². The van der Waals surface area contributed by atoms with Crippen molar-refractivity contribution in [3.05, 3.63) is 143 Å². The van der Waals surface area contributed by atoms with Gasteiger partial charge in [0, 0.05) is 11.1 Å². The monoisotopic (exact) mass is 394 g/mol. The molecule has 30 heavy (non-hydrogen) atoms. The summed E-state index contributed by atoms with van der Waals surface area (Å²) in [4.78, 5) is 12.8. The molecule has 0 aliphatic carbocycles. The molecule has 0 bridgehead atoms. The topological polar surface area (TPSA) is 57.5 Å². The Morgan fingerprint density at radius 2 is 0.767 bits per heavy atom. The highest BCUT2D eigenvalue weighted by Crippen LogP contribution is 2.24. The summed E-state index contributed by atoms with van der Waals surface area (Å²) in [5.74, 6) is -0.100. The summed E-state index contributed by atoms with van der Waals surface area (Å²) >= 11 is 0. The molecule has 4 aromatic carbocycles. The smallest absolute Gasteiger partial charge is 0.193 e. The fourth-order valence-electron chi connectivity index (χ4n) is 3.46. The van der Waals surface area contributed by atoms with Crippen LogP contribution in [0.3, 0.4) is 0 Å². The summed E-state index contributed by atoms with van der Waals surface area (Å²) in [7, 11) is 0. The second-order valence-corrected chi connectivity index (χ2v) is 7.20. The highest BCUT2D eigenvalue weighted by molar-refractivity contribution is 6.09. The lowest BCUT2D eigenvalue weighted by atomic mass is 9.96. The molecular formula is C27H22O3. The SMILES string of the molecule is O=C(c1ccc(C(O)c2ccccc2)cc1)c1ccc(C(O)c2ccccc2)cc1. The van der Waals surface area contributed by atoms with Crippen LogP contribution in [0.5, 0.6) is 0 Å². The molecule has 0 aliphatic heterocycles. The van der Waals surface area contributed by atoms with Gasteiger partial charge in [-0.25, -0.2) is 0 Å². The van der Waals surface area contributed by atoms with E-state index in [1.165, 1.54) is 0 Å². The van der Waals surface area contributed by atoms with Crippen molar-refractivity contribution in [2.75, 3.05) is 0 Å². The molecule has 2 N–H and O–H groups in total.